The van der Waals surface area contributed by atoms with E-state index in [-0.39, 0.29) is 5.69 Å². The molecule has 28 heavy (non-hydrogen) atoms. The number of hydrogen-bond acceptors (Lipinski definition) is 3. The van der Waals surface area contributed by atoms with Gasteiger partial charge >= 0.3 is 0 Å². The first kappa shape index (κ1) is 18.2. The van der Waals surface area contributed by atoms with E-state index < -0.39 is 4.92 Å². The summed E-state index contributed by atoms with van der Waals surface area (Å²) in [5, 5.41) is 12.2. The van der Waals surface area contributed by atoms with Crippen molar-refractivity contribution in [2.24, 2.45) is 0 Å². The second kappa shape index (κ2) is 7.46. The van der Waals surface area contributed by atoms with Gasteiger partial charge in [-0.2, -0.15) is 0 Å². The number of nitro benzene ring substituents is 1. The third-order valence-corrected chi connectivity index (χ3v) is 4.81. The molecule has 0 saturated carbocycles. The first-order valence-electron chi connectivity index (χ1n) is 8.38. The Morgan fingerprint density at radius 1 is 0.929 bits per heavy atom. The second-order valence-electron chi connectivity index (χ2n) is 6.09. The summed E-state index contributed by atoms with van der Waals surface area (Å²) in [4.78, 5) is 15.5. The van der Waals surface area contributed by atoms with Crippen LogP contribution in [0, 0.1) is 10.1 Å². The lowest BCUT2D eigenvalue weighted by molar-refractivity contribution is -0.384. The van der Waals surface area contributed by atoms with Crippen LogP contribution in [0.5, 0.6) is 0 Å². The third-order valence-electron chi connectivity index (χ3n) is 4.26. The van der Waals surface area contributed by atoms with Gasteiger partial charge < -0.3 is 0 Å². The molecule has 0 bridgehead atoms. The molecule has 1 heterocycles. The molecule has 0 aliphatic carbocycles. The predicted molar refractivity (Wildman–Crippen MR) is 111 cm³/mol. The molecule has 4 rings (SSSR count). The van der Waals surface area contributed by atoms with E-state index in [4.69, 9.17) is 28.2 Å². The summed E-state index contributed by atoms with van der Waals surface area (Å²) in [6.07, 6.45) is 1.86. The highest BCUT2D eigenvalue weighted by molar-refractivity contribution is 6.36. The van der Waals surface area contributed by atoms with Crippen LogP contribution in [0.1, 0.15) is 0 Å². The van der Waals surface area contributed by atoms with E-state index in [2.05, 4.69) is 0 Å². The molecular weight excluding hydrogens is 397 g/mol. The normalized spacial score (nSPS) is 10.8. The zero-order valence-corrected chi connectivity index (χ0v) is 15.9. The highest BCUT2D eigenvalue weighted by Gasteiger charge is 2.17. The monoisotopic (exact) mass is 409 g/mol. The van der Waals surface area contributed by atoms with Crippen LogP contribution in [-0.2, 0) is 0 Å². The molecule has 3 aromatic carbocycles. The molecule has 0 unspecified atom stereocenters. The van der Waals surface area contributed by atoms with E-state index in [0.717, 1.165) is 11.3 Å². The highest BCUT2D eigenvalue weighted by Crippen LogP contribution is 2.33. The van der Waals surface area contributed by atoms with Crippen LogP contribution in [-0.4, -0.2) is 14.5 Å². The van der Waals surface area contributed by atoms with Crippen molar-refractivity contribution < 1.29 is 4.92 Å². The average molecular weight is 410 g/mol. The van der Waals surface area contributed by atoms with Crippen LogP contribution in [0.15, 0.2) is 79.0 Å². The number of hydrogen-bond donors (Lipinski definition) is 0. The number of non-ortho nitro benzene ring substituents is 1. The Hall–Kier alpha value is -3.15. The molecule has 0 amide bonds. The van der Waals surface area contributed by atoms with Crippen LogP contribution in [0.25, 0.3) is 28.3 Å². The van der Waals surface area contributed by atoms with Gasteiger partial charge in [0.2, 0.25) is 0 Å². The maximum absolute atomic E-state index is 11.2. The van der Waals surface area contributed by atoms with Gasteiger partial charge in [-0.05, 0) is 30.3 Å². The van der Waals surface area contributed by atoms with Crippen molar-refractivity contribution in [1.29, 1.82) is 0 Å². The van der Waals surface area contributed by atoms with Crippen molar-refractivity contribution in [3.05, 3.63) is 99.2 Å². The maximum Gasteiger partial charge on any atom is 0.270 e. The highest BCUT2D eigenvalue weighted by atomic mass is 35.5. The molecule has 0 aliphatic rings. The van der Waals surface area contributed by atoms with Crippen molar-refractivity contribution in [1.82, 2.24) is 9.55 Å². The minimum atomic E-state index is -0.420. The van der Waals surface area contributed by atoms with Crippen LogP contribution in [0.4, 0.5) is 5.69 Å². The molecule has 7 heteroatoms. The molecular formula is C21H13Cl2N3O2. The fourth-order valence-electron chi connectivity index (χ4n) is 2.95. The zero-order valence-electron chi connectivity index (χ0n) is 14.4. The summed E-state index contributed by atoms with van der Waals surface area (Å²) in [5.41, 5.74) is 2.90. The van der Waals surface area contributed by atoms with Gasteiger partial charge in [0.25, 0.3) is 5.69 Å². The first-order valence-corrected chi connectivity index (χ1v) is 9.13. The average Bonchev–Trinajstić information content (AvgIpc) is 3.14. The zero-order chi connectivity index (χ0) is 19.7. The largest absolute Gasteiger partial charge is 0.299 e. The molecule has 5 nitrogen and oxygen atoms in total. The van der Waals surface area contributed by atoms with Gasteiger partial charge in [0.15, 0.2) is 0 Å². The molecule has 4 aromatic rings. The Balaban J connectivity index is 1.93. The Kier molecular flexibility index (Phi) is 4.86. The molecule has 1 aromatic heterocycles. The number of para-hydroxylation sites is 1. The van der Waals surface area contributed by atoms with E-state index in [1.165, 1.54) is 12.1 Å². The van der Waals surface area contributed by atoms with Crippen molar-refractivity contribution in [3.63, 3.8) is 0 Å². The van der Waals surface area contributed by atoms with Crippen LogP contribution in [0.2, 0.25) is 10.0 Å². The van der Waals surface area contributed by atoms with E-state index >= 15 is 0 Å². The van der Waals surface area contributed by atoms with Gasteiger partial charge in [0.05, 0.1) is 15.6 Å². The smallest absolute Gasteiger partial charge is 0.270 e. The minimum absolute atomic E-state index is 0.00573. The van der Waals surface area contributed by atoms with Crippen molar-refractivity contribution in [2.45, 2.75) is 0 Å². The molecule has 0 saturated heterocycles. The molecule has 0 atom stereocenters. The lowest BCUT2D eigenvalue weighted by Gasteiger charge is -2.07. The molecule has 0 N–H and O–H groups in total. The summed E-state index contributed by atoms with van der Waals surface area (Å²) < 4.78 is 1.89. The van der Waals surface area contributed by atoms with Crippen molar-refractivity contribution >= 4 is 28.9 Å². The number of aromatic nitrogens is 2. The van der Waals surface area contributed by atoms with E-state index in [9.17, 15) is 10.1 Å². The van der Waals surface area contributed by atoms with Gasteiger partial charge in [0.1, 0.15) is 5.82 Å². The topological polar surface area (TPSA) is 61.0 Å². The first-order chi connectivity index (χ1) is 13.5. The summed E-state index contributed by atoms with van der Waals surface area (Å²) in [5.74, 6) is 0.580. The summed E-state index contributed by atoms with van der Waals surface area (Å²) in [7, 11) is 0. The molecule has 0 radical (unpaired) electrons. The van der Waals surface area contributed by atoms with Gasteiger partial charge in [-0.25, -0.2) is 4.98 Å². The minimum Gasteiger partial charge on any atom is -0.299 e. The molecule has 0 spiro atoms. The Morgan fingerprint density at radius 2 is 1.71 bits per heavy atom. The summed E-state index contributed by atoms with van der Waals surface area (Å²) >= 11 is 12.4. The van der Waals surface area contributed by atoms with Gasteiger partial charge in [-0.15, -0.1) is 0 Å². The van der Waals surface area contributed by atoms with Gasteiger partial charge in [0, 0.05) is 40.2 Å². The summed E-state index contributed by atoms with van der Waals surface area (Å²) in [6.45, 7) is 0. The van der Waals surface area contributed by atoms with Gasteiger partial charge in [-0.3, -0.25) is 14.7 Å². The van der Waals surface area contributed by atoms with Crippen LogP contribution >= 0.6 is 23.2 Å². The molecule has 0 fully saturated rings. The standard InChI is InChI=1S/C21H13Cl2N3O2/c22-15-9-10-18(19(23)12-15)20-13-25(16-6-2-1-3-7-16)21(24-20)14-5-4-8-17(11-14)26(27)28/h1-13H. The number of nitro groups is 1. The lowest BCUT2D eigenvalue weighted by atomic mass is 10.1. The molecule has 0 aliphatic heterocycles. The Labute approximate surface area is 171 Å². The lowest BCUT2D eigenvalue weighted by Crippen LogP contribution is -1.96. The van der Waals surface area contributed by atoms with Crippen LogP contribution in [0.3, 0.4) is 0 Å². The van der Waals surface area contributed by atoms with Gasteiger partial charge in [-0.1, -0.05) is 53.5 Å². The predicted octanol–water partition coefficient (Wildman–Crippen LogP) is 6.42. The van der Waals surface area contributed by atoms with E-state index in [1.54, 1.807) is 30.3 Å². The van der Waals surface area contributed by atoms with E-state index in [0.29, 0.717) is 27.1 Å². The quantitative estimate of drug-likeness (QED) is 0.288. The Morgan fingerprint density at radius 3 is 2.43 bits per heavy atom. The number of imidazole rings is 1. The van der Waals surface area contributed by atoms with Crippen molar-refractivity contribution in [3.8, 4) is 28.3 Å². The number of nitrogens with zero attached hydrogens (tertiary/aromatic N) is 3. The van der Waals surface area contributed by atoms with E-state index in [1.807, 2.05) is 41.1 Å². The number of rotatable bonds is 4. The maximum atomic E-state index is 11.2. The summed E-state index contributed by atoms with van der Waals surface area (Å²) in [6, 6.07) is 21.3. The third kappa shape index (κ3) is 3.50. The van der Waals surface area contributed by atoms with Crippen molar-refractivity contribution in [2.75, 3.05) is 0 Å². The fraction of sp³-hybridized carbons (Fsp3) is 0. The van der Waals surface area contributed by atoms with Crippen LogP contribution < -0.4 is 0 Å². The SMILES string of the molecule is O=[N+]([O-])c1cccc(-c2nc(-c3ccc(Cl)cc3Cl)cn2-c2ccccc2)c1. The fourth-order valence-corrected chi connectivity index (χ4v) is 3.46. The number of halogens is 2. The Bertz CT molecular complexity index is 1170. The second-order valence-corrected chi connectivity index (χ2v) is 6.93. The number of benzene rings is 3. The molecule has 138 valence electrons.